The van der Waals surface area contributed by atoms with E-state index in [0.717, 1.165) is 12.1 Å². The maximum Gasteiger partial charge on any atom is 0.338 e. The molecule has 0 aliphatic carbocycles. The highest BCUT2D eigenvalue weighted by molar-refractivity contribution is 9.09. The Balaban J connectivity index is 2.45. The molecule has 2 rings (SSSR count). The number of carbonyl (C=O) groups excluding carboxylic acids is 1. The number of hydrogen-bond donors (Lipinski definition) is 2. The SMILES string of the molecule is CNC(Br)c1c(Nc2ccc(S(F)(F)(F)(F)F)cc2)cccc1C(=O)OC. The van der Waals surface area contributed by atoms with Gasteiger partial charge in [0.1, 0.15) is 4.90 Å². The van der Waals surface area contributed by atoms with E-state index in [1.807, 2.05) is 0 Å². The zero-order chi connectivity index (χ0) is 20.5. The van der Waals surface area contributed by atoms with Crippen molar-refractivity contribution in [1.29, 1.82) is 0 Å². The summed E-state index contributed by atoms with van der Waals surface area (Å²) in [6.45, 7) is 0. The fourth-order valence-corrected chi connectivity index (χ4v) is 3.47. The molecular weight excluding hydrogens is 459 g/mol. The largest absolute Gasteiger partial charge is 0.465 e. The van der Waals surface area contributed by atoms with Crippen molar-refractivity contribution >= 4 is 43.5 Å². The molecule has 0 amide bonds. The molecule has 0 heterocycles. The number of carbonyl (C=O) groups is 1. The van der Waals surface area contributed by atoms with E-state index in [9.17, 15) is 24.2 Å². The van der Waals surface area contributed by atoms with Crippen LogP contribution in [0.5, 0.6) is 0 Å². The van der Waals surface area contributed by atoms with E-state index in [4.69, 9.17) is 4.74 Å². The number of nitrogens with one attached hydrogen (secondary N) is 2. The van der Waals surface area contributed by atoms with E-state index in [0.29, 0.717) is 23.4 Å². The number of anilines is 2. The van der Waals surface area contributed by atoms with Crippen LogP contribution in [0.25, 0.3) is 0 Å². The number of benzene rings is 2. The van der Waals surface area contributed by atoms with Crippen LogP contribution >= 0.6 is 26.2 Å². The molecule has 0 radical (unpaired) electrons. The van der Waals surface area contributed by atoms with Gasteiger partial charge in [-0.05, 0) is 43.4 Å². The van der Waals surface area contributed by atoms with Crippen molar-refractivity contribution in [2.45, 2.75) is 9.85 Å². The summed E-state index contributed by atoms with van der Waals surface area (Å²) >= 11 is 3.35. The van der Waals surface area contributed by atoms with Crippen molar-refractivity contribution in [3.63, 3.8) is 0 Å². The second kappa shape index (κ2) is 6.64. The van der Waals surface area contributed by atoms with Crippen LogP contribution in [0.1, 0.15) is 20.9 Å². The van der Waals surface area contributed by atoms with Crippen LogP contribution in [0.3, 0.4) is 0 Å². The topological polar surface area (TPSA) is 50.4 Å². The van der Waals surface area contributed by atoms with Crippen molar-refractivity contribution in [2.75, 3.05) is 19.5 Å². The van der Waals surface area contributed by atoms with Crippen LogP contribution in [0, 0.1) is 0 Å². The molecule has 0 bridgehead atoms. The fourth-order valence-electron chi connectivity index (χ4n) is 2.33. The fraction of sp³-hybridized carbons (Fsp3) is 0.188. The first-order chi connectivity index (χ1) is 12.3. The van der Waals surface area contributed by atoms with Gasteiger partial charge in [-0.1, -0.05) is 41.4 Å². The molecule has 0 fully saturated rings. The predicted octanol–water partition coefficient (Wildman–Crippen LogP) is 6.49. The van der Waals surface area contributed by atoms with Gasteiger partial charge in [-0.25, -0.2) is 4.79 Å². The van der Waals surface area contributed by atoms with Crippen molar-refractivity contribution in [3.05, 3.63) is 53.6 Å². The number of alkyl halides is 1. The maximum atomic E-state index is 12.8. The molecule has 0 spiro atoms. The molecule has 0 aromatic heterocycles. The van der Waals surface area contributed by atoms with E-state index >= 15 is 0 Å². The molecule has 0 aliphatic rings. The van der Waals surface area contributed by atoms with Gasteiger partial charge in [0.05, 0.1) is 17.6 Å². The number of esters is 1. The van der Waals surface area contributed by atoms with Crippen LogP contribution in [0.15, 0.2) is 47.4 Å². The molecule has 4 nitrogen and oxygen atoms in total. The van der Waals surface area contributed by atoms with E-state index in [1.54, 1.807) is 19.2 Å². The van der Waals surface area contributed by atoms with Gasteiger partial charge >= 0.3 is 16.2 Å². The van der Waals surface area contributed by atoms with Gasteiger partial charge in [-0.2, -0.15) is 0 Å². The van der Waals surface area contributed by atoms with Gasteiger partial charge in [0.15, 0.2) is 0 Å². The van der Waals surface area contributed by atoms with Crippen LogP contribution in [-0.2, 0) is 4.74 Å². The first-order valence-corrected chi connectivity index (χ1v) is 10.3. The third-order valence-electron chi connectivity index (χ3n) is 3.60. The Bertz CT molecular complexity index is 860. The lowest BCUT2D eigenvalue weighted by Crippen LogP contribution is -2.16. The Labute approximate surface area is 160 Å². The lowest BCUT2D eigenvalue weighted by atomic mass is 10.0. The third-order valence-corrected chi connectivity index (χ3v) is 5.68. The van der Waals surface area contributed by atoms with Crippen molar-refractivity contribution in [3.8, 4) is 0 Å². The molecule has 0 aliphatic heterocycles. The second-order valence-electron chi connectivity index (χ2n) is 5.53. The van der Waals surface area contributed by atoms with Crippen LogP contribution < -0.4 is 10.6 Å². The lowest BCUT2D eigenvalue weighted by molar-refractivity contribution is 0.0599. The monoisotopic (exact) mass is 474 g/mol. The van der Waals surface area contributed by atoms with Crippen LogP contribution in [0.2, 0.25) is 0 Å². The number of ether oxygens (including phenoxy) is 1. The molecule has 150 valence electrons. The smallest absolute Gasteiger partial charge is 0.338 e. The second-order valence-corrected chi connectivity index (χ2v) is 8.85. The number of hydrogen-bond acceptors (Lipinski definition) is 4. The molecule has 2 aromatic rings. The van der Waals surface area contributed by atoms with Crippen molar-refractivity contribution < 1.29 is 29.0 Å². The minimum Gasteiger partial charge on any atom is -0.465 e. The highest BCUT2D eigenvalue weighted by Crippen LogP contribution is 3.02. The Kier molecular flexibility index (Phi) is 5.28. The first-order valence-electron chi connectivity index (χ1n) is 7.40. The summed E-state index contributed by atoms with van der Waals surface area (Å²) in [5, 5.41) is 5.73. The summed E-state index contributed by atoms with van der Waals surface area (Å²) in [5.74, 6) is -0.607. The molecule has 1 atom stereocenters. The highest BCUT2D eigenvalue weighted by atomic mass is 79.9. The Hall–Kier alpha value is -1.85. The molecule has 2 aromatic carbocycles. The summed E-state index contributed by atoms with van der Waals surface area (Å²) in [5.41, 5.74) is 1.19. The average Bonchev–Trinajstić information content (AvgIpc) is 2.58. The van der Waals surface area contributed by atoms with Gasteiger partial charge < -0.3 is 15.4 Å². The Morgan fingerprint density at radius 1 is 1.07 bits per heavy atom. The van der Waals surface area contributed by atoms with Gasteiger partial charge in [-0.3, -0.25) is 0 Å². The van der Waals surface area contributed by atoms with Crippen LogP contribution in [-0.4, -0.2) is 20.1 Å². The minimum absolute atomic E-state index is 0.139. The van der Waals surface area contributed by atoms with Crippen molar-refractivity contribution in [2.24, 2.45) is 0 Å². The molecule has 0 saturated carbocycles. The molecule has 11 heteroatoms. The summed E-state index contributed by atoms with van der Waals surface area (Å²) in [7, 11) is -6.89. The molecule has 27 heavy (non-hydrogen) atoms. The van der Waals surface area contributed by atoms with E-state index in [1.165, 1.54) is 13.2 Å². The highest BCUT2D eigenvalue weighted by Gasteiger charge is 2.65. The summed E-state index contributed by atoms with van der Waals surface area (Å²) in [6.07, 6.45) is 0. The third kappa shape index (κ3) is 5.11. The van der Waals surface area contributed by atoms with Crippen molar-refractivity contribution in [1.82, 2.24) is 5.32 Å². The zero-order valence-corrected chi connectivity index (χ0v) is 16.5. The van der Waals surface area contributed by atoms with Gasteiger partial charge in [0, 0.05) is 16.9 Å². The first kappa shape index (κ1) is 21.5. The molecule has 1 unspecified atom stereocenters. The van der Waals surface area contributed by atoms with E-state index in [-0.39, 0.29) is 11.3 Å². The standard InChI is InChI=1S/C16H16BrF5N2O2S/c1-23-15(17)14-12(16(25)26-2)4-3-5-13(14)24-10-6-8-11(9-7-10)27(18,19,20,21)22/h3-9,15,23-24H,1-2H3. The van der Waals surface area contributed by atoms with Gasteiger partial charge in [0.25, 0.3) is 0 Å². The summed E-state index contributed by atoms with van der Waals surface area (Å²) in [6, 6.07) is 7.08. The molecular formula is C16H16BrF5N2O2S. The lowest BCUT2D eigenvalue weighted by Gasteiger charge is -2.40. The molecule has 2 N–H and O–H groups in total. The number of halogens is 6. The average molecular weight is 475 g/mol. The summed E-state index contributed by atoms with van der Waals surface area (Å²) < 4.78 is 68.8. The maximum absolute atomic E-state index is 12.8. The summed E-state index contributed by atoms with van der Waals surface area (Å²) in [4.78, 5) is 9.52. The Morgan fingerprint density at radius 2 is 1.67 bits per heavy atom. The van der Waals surface area contributed by atoms with Gasteiger partial charge in [0.2, 0.25) is 0 Å². The predicted molar refractivity (Wildman–Crippen MR) is 99.6 cm³/mol. The number of methoxy groups -OCH3 is 1. The van der Waals surface area contributed by atoms with Crippen LogP contribution in [0.4, 0.5) is 30.8 Å². The quantitative estimate of drug-likeness (QED) is 0.217. The van der Waals surface area contributed by atoms with Gasteiger partial charge in [-0.15, -0.1) is 0 Å². The zero-order valence-electron chi connectivity index (χ0n) is 14.1. The normalized spacial score (nSPS) is 15.4. The molecule has 0 saturated heterocycles. The minimum atomic E-state index is -9.73. The number of rotatable bonds is 6. The van der Waals surface area contributed by atoms with E-state index < -0.39 is 26.0 Å². The Morgan fingerprint density at radius 3 is 2.15 bits per heavy atom. The van der Waals surface area contributed by atoms with E-state index in [2.05, 4.69) is 26.6 Å².